The Hall–Kier alpha value is -1.63. The van der Waals surface area contributed by atoms with Crippen LogP contribution in [0, 0.1) is 38.9 Å². The van der Waals surface area contributed by atoms with E-state index in [-0.39, 0.29) is 0 Å². The molecule has 0 spiro atoms. The lowest BCUT2D eigenvalue weighted by Gasteiger charge is -2.22. The molecule has 0 N–H and O–H groups in total. The molecule has 0 saturated heterocycles. The van der Waals surface area contributed by atoms with Crippen LogP contribution < -0.4 is 0 Å². The van der Waals surface area contributed by atoms with Gasteiger partial charge in [-0.1, -0.05) is 181 Å². The summed E-state index contributed by atoms with van der Waals surface area (Å²) in [4.78, 5) is 4.07. The van der Waals surface area contributed by atoms with Crippen molar-refractivity contribution in [3.63, 3.8) is 0 Å². The molecule has 2 aromatic rings. The molecule has 43 heavy (non-hydrogen) atoms. The maximum atomic E-state index is 4.07. The second-order valence-corrected chi connectivity index (χ2v) is 18.9. The van der Waals surface area contributed by atoms with E-state index in [0.29, 0.717) is 27.1 Å². The lowest BCUT2D eigenvalue weighted by atomic mass is 9.84. The summed E-state index contributed by atoms with van der Waals surface area (Å²) in [5.74, 6) is 1.64. The first kappa shape index (κ1) is 45.8. The average molecular weight is 598 g/mol. The molecule has 0 aliphatic rings. The van der Waals surface area contributed by atoms with Gasteiger partial charge < -0.3 is 0 Å². The van der Waals surface area contributed by atoms with E-state index in [1.807, 2.05) is 18.5 Å². The summed E-state index contributed by atoms with van der Waals surface area (Å²) in [5.41, 5.74) is 5.08. The van der Waals surface area contributed by atoms with Crippen LogP contribution in [-0.4, -0.2) is 4.98 Å². The maximum Gasteiger partial charge on any atom is 0.0300 e. The summed E-state index contributed by atoms with van der Waals surface area (Å²) >= 11 is 0. The first-order valence-electron chi connectivity index (χ1n) is 17.0. The predicted octanol–water partition coefficient (Wildman–Crippen LogP) is 14.2. The van der Waals surface area contributed by atoms with E-state index < -0.39 is 0 Å². The number of pyridine rings is 1. The lowest BCUT2D eigenvalue weighted by Crippen LogP contribution is -2.12. The van der Waals surface area contributed by atoms with E-state index in [1.54, 1.807) is 0 Å². The van der Waals surface area contributed by atoms with Crippen LogP contribution in [0.5, 0.6) is 0 Å². The fraction of sp³-hybridized carbons (Fsp3) is 0.738. The van der Waals surface area contributed by atoms with Gasteiger partial charge in [-0.2, -0.15) is 0 Å². The van der Waals surface area contributed by atoms with Crippen LogP contribution in [0.1, 0.15) is 162 Å². The van der Waals surface area contributed by atoms with E-state index in [1.165, 1.54) is 24.0 Å². The molecule has 1 nitrogen and oxygen atoms in total. The van der Waals surface area contributed by atoms with Crippen molar-refractivity contribution in [1.82, 2.24) is 4.98 Å². The van der Waals surface area contributed by atoms with Crippen LogP contribution in [-0.2, 0) is 12.8 Å². The van der Waals surface area contributed by atoms with E-state index in [2.05, 4.69) is 180 Å². The second kappa shape index (κ2) is 21.2. The zero-order chi connectivity index (χ0) is 34.7. The highest BCUT2D eigenvalue weighted by atomic mass is 14.6. The highest BCUT2D eigenvalue weighted by molar-refractivity contribution is 5.15. The molecule has 1 heterocycles. The third-order valence-corrected chi connectivity index (χ3v) is 6.85. The number of hydrogen-bond acceptors (Lipinski definition) is 1. The second-order valence-electron chi connectivity index (χ2n) is 18.9. The summed E-state index contributed by atoms with van der Waals surface area (Å²) in [6.07, 6.45) is 8.60. The van der Waals surface area contributed by atoms with E-state index in [9.17, 15) is 0 Å². The van der Waals surface area contributed by atoms with Crippen molar-refractivity contribution in [3.8, 4) is 0 Å². The van der Waals surface area contributed by atoms with E-state index in [0.717, 1.165) is 24.7 Å². The molecule has 252 valence electrons. The zero-order valence-corrected chi connectivity index (χ0v) is 33.1. The normalized spacial score (nSPS) is 12.0. The molecule has 1 aromatic carbocycles. The topological polar surface area (TPSA) is 12.9 Å². The quantitative estimate of drug-likeness (QED) is 0.343. The highest BCUT2D eigenvalue weighted by Gasteiger charge is 2.14. The van der Waals surface area contributed by atoms with Gasteiger partial charge in [0.15, 0.2) is 0 Å². The summed E-state index contributed by atoms with van der Waals surface area (Å²) < 4.78 is 0. The molecular weight excluding hydrogens is 518 g/mol. The number of rotatable bonds is 3. The van der Waals surface area contributed by atoms with Crippen LogP contribution in [0.15, 0.2) is 54.9 Å². The van der Waals surface area contributed by atoms with Crippen molar-refractivity contribution >= 4 is 0 Å². The smallest absolute Gasteiger partial charge is 0.0300 e. The van der Waals surface area contributed by atoms with Crippen LogP contribution in [0.4, 0.5) is 0 Å². The number of hydrogen-bond donors (Lipinski definition) is 0. The Morgan fingerprint density at radius 2 is 0.907 bits per heavy atom. The van der Waals surface area contributed by atoms with Crippen LogP contribution in [0.25, 0.3) is 0 Å². The van der Waals surface area contributed by atoms with Crippen molar-refractivity contribution in [1.29, 1.82) is 0 Å². The van der Waals surface area contributed by atoms with Gasteiger partial charge in [0.25, 0.3) is 0 Å². The summed E-state index contributed by atoms with van der Waals surface area (Å²) in [6.45, 7) is 45.1. The molecule has 0 aliphatic carbocycles. The molecule has 2 rings (SSSR count). The average Bonchev–Trinajstić information content (AvgIpc) is 2.77. The SMILES string of the molecule is CC(C)(C)Cc1ccccc1.CC(C)(C)Cc1cccnc1.CC(C)C(C)(C)C.CC(C)CC(C)(C)C.CCC(C)(C)C. The van der Waals surface area contributed by atoms with Crippen LogP contribution >= 0.6 is 0 Å². The number of nitrogens with zero attached hydrogens (tertiary/aromatic N) is 1. The maximum absolute atomic E-state index is 4.07. The monoisotopic (exact) mass is 598 g/mol. The molecular formula is C42H79N. The van der Waals surface area contributed by atoms with Gasteiger partial charge in [-0.25, -0.2) is 0 Å². The molecule has 0 unspecified atom stereocenters. The minimum Gasteiger partial charge on any atom is -0.264 e. The lowest BCUT2D eigenvalue weighted by molar-refractivity contribution is 0.283. The van der Waals surface area contributed by atoms with Gasteiger partial charge in [0.2, 0.25) is 0 Å². The minimum absolute atomic E-state index is 0.364. The molecule has 0 amide bonds. The zero-order valence-electron chi connectivity index (χ0n) is 33.1. The molecule has 0 saturated carbocycles. The Morgan fingerprint density at radius 1 is 0.535 bits per heavy atom. The summed E-state index contributed by atoms with van der Waals surface area (Å²) in [7, 11) is 0. The van der Waals surface area contributed by atoms with Gasteiger partial charge in [0.1, 0.15) is 0 Å². The van der Waals surface area contributed by atoms with E-state index in [4.69, 9.17) is 0 Å². The third-order valence-electron chi connectivity index (χ3n) is 6.85. The van der Waals surface area contributed by atoms with Crippen LogP contribution in [0.3, 0.4) is 0 Å². The van der Waals surface area contributed by atoms with Crippen molar-refractivity contribution in [2.45, 2.75) is 164 Å². The van der Waals surface area contributed by atoms with Gasteiger partial charge in [0, 0.05) is 12.4 Å². The molecule has 0 fully saturated rings. The highest BCUT2D eigenvalue weighted by Crippen LogP contribution is 2.24. The van der Waals surface area contributed by atoms with Gasteiger partial charge in [0.05, 0.1) is 0 Å². The van der Waals surface area contributed by atoms with Crippen LogP contribution in [0.2, 0.25) is 0 Å². The number of aromatic nitrogens is 1. The summed E-state index contributed by atoms with van der Waals surface area (Å²) in [5, 5.41) is 0. The Labute approximate surface area is 273 Å². The molecule has 1 aromatic heterocycles. The molecule has 0 aliphatic heterocycles. The Balaban J connectivity index is -0.000000476. The molecule has 0 radical (unpaired) electrons. The first-order chi connectivity index (χ1) is 19.1. The van der Waals surface area contributed by atoms with Gasteiger partial charge >= 0.3 is 0 Å². The standard InChI is InChI=1S/C11H16.C10H15N.C8H18.C7H16.C6H14/c1-11(2,3)9-10-7-5-4-6-8-10;1-10(2,3)7-9-5-4-6-11-8-9;1-7(2)6-8(3,4)5;1-6(2)7(3,4)5;1-5-6(2,3)4/h4-8H,9H2,1-3H3;4-6,8H,7H2,1-3H3;7H,6H2,1-5H3;6H,1-5H3;5H2,1-4H3. The van der Waals surface area contributed by atoms with Crippen molar-refractivity contribution in [3.05, 3.63) is 66.0 Å². The van der Waals surface area contributed by atoms with Crippen molar-refractivity contribution < 1.29 is 0 Å². The number of benzene rings is 1. The first-order valence-corrected chi connectivity index (χ1v) is 17.0. The van der Waals surface area contributed by atoms with Gasteiger partial charge in [-0.05, 0) is 75.4 Å². The third kappa shape index (κ3) is 40.4. The Bertz CT molecular complexity index is 819. The Morgan fingerprint density at radius 3 is 1.14 bits per heavy atom. The van der Waals surface area contributed by atoms with Crippen molar-refractivity contribution in [2.75, 3.05) is 0 Å². The van der Waals surface area contributed by atoms with Crippen molar-refractivity contribution in [2.24, 2.45) is 38.9 Å². The molecule has 1 heteroatoms. The minimum atomic E-state index is 0.364. The summed E-state index contributed by atoms with van der Waals surface area (Å²) in [6, 6.07) is 14.7. The fourth-order valence-corrected chi connectivity index (χ4v) is 3.55. The van der Waals surface area contributed by atoms with E-state index >= 15 is 0 Å². The molecule has 0 atom stereocenters. The Kier molecular flexibility index (Phi) is 22.5. The van der Waals surface area contributed by atoms with Gasteiger partial charge in [-0.15, -0.1) is 0 Å². The largest absolute Gasteiger partial charge is 0.264 e. The molecule has 0 bridgehead atoms. The predicted molar refractivity (Wildman–Crippen MR) is 200 cm³/mol. The fourth-order valence-electron chi connectivity index (χ4n) is 3.55. The van der Waals surface area contributed by atoms with Gasteiger partial charge in [-0.3, -0.25) is 4.98 Å².